The van der Waals surface area contributed by atoms with E-state index in [1.165, 1.54) is 42.4 Å². The normalized spacial score (nSPS) is 11.1. The Bertz CT molecular complexity index is 806. The van der Waals surface area contributed by atoms with Crippen LogP contribution in [0.5, 0.6) is 17.2 Å². The van der Waals surface area contributed by atoms with E-state index in [1.807, 2.05) is 36.4 Å². The Morgan fingerprint density at radius 2 is 0.897 bits per heavy atom. The number of phenols is 3. The molecule has 0 heterocycles. The van der Waals surface area contributed by atoms with Crippen molar-refractivity contribution >= 4 is 0 Å². The van der Waals surface area contributed by atoms with Crippen LogP contribution in [0.25, 0.3) is 0 Å². The van der Waals surface area contributed by atoms with Crippen molar-refractivity contribution in [3.63, 3.8) is 0 Å². The number of unbranched alkanes of at least 4 members (excludes halogenated alkanes) is 4. The third-order valence-corrected chi connectivity index (χ3v) is 5.49. The highest BCUT2D eigenvalue weighted by Gasteiger charge is 2.14. The molecule has 0 amide bonds. The summed E-state index contributed by atoms with van der Waals surface area (Å²) in [7, 11) is 0. The molecule has 0 aliphatic rings. The van der Waals surface area contributed by atoms with E-state index in [0.29, 0.717) is 5.75 Å². The first-order chi connectivity index (χ1) is 14.1. The van der Waals surface area contributed by atoms with Gasteiger partial charge in [0.25, 0.3) is 0 Å². The smallest absolute Gasteiger partial charge is 0.115 e. The number of aromatic hydroxyl groups is 3. The van der Waals surface area contributed by atoms with Gasteiger partial charge in [-0.2, -0.15) is 0 Å². The van der Waals surface area contributed by atoms with Crippen molar-refractivity contribution in [3.05, 3.63) is 89.5 Å². The Morgan fingerprint density at radius 3 is 1.41 bits per heavy atom. The van der Waals surface area contributed by atoms with E-state index < -0.39 is 0 Å². The molecule has 0 aliphatic heterocycles. The molecular weight excluding hydrogens is 360 g/mol. The van der Waals surface area contributed by atoms with Gasteiger partial charge < -0.3 is 15.3 Å². The summed E-state index contributed by atoms with van der Waals surface area (Å²) in [5.41, 5.74) is 3.67. The molecule has 0 saturated heterocycles. The molecule has 0 unspecified atom stereocenters. The first kappa shape index (κ1) is 20.8. The van der Waals surface area contributed by atoms with Gasteiger partial charge in [-0.05, 0) is 72.4 Å². The van der Waals surface area contributed by atoms with Crippen molar-refractivity contribution in [3.8, 4) is 17.2 Å². The van der Waals surface area contributed by atoms with Gasteiger partial charge in [-0.25, -0.2) is 0 Å². The largest absolute Gasteiger partial charge is 0.508 e. The lowest BCUT2D eigenvalue weighted by Gasteiger charge is -2.18. The highest BCUT2D eigenvalue weighted by molar-refractivity contribution is 5.37. The van der Waals surface area contributed by atoms with E-state index in [4.69, 9.17) is 0 Å². The standard InChI is InChI=1S/C26H30O3/c27-23-14-8-20(9-15-23)6-4-2-1-3-5-7-26(21-10-16-24(28)17-11-21)22-12-18-25(29)19-13-22/h8-19,26-29H,1-7H2. The third kappa shape index (κ3) is 6.56. The second-order valence-corrected chi connectivity index (χ2v) is 7.71. The van der Waals surface area contributed by atoms with Crippen LogP contribution in [-0.2, 0) is 6.42 Å². The van der Waals surface area contributed by atoms with Gasteiger partial charge >= 0.3 is 0 Å². The number of benzene rings is 3. The molecule has 0 atom stereocenters. The van der Waals surface area contributed by atoms with Gasteiger partial charge in [0.15, 0.2) is 0 Å². The monoisotopic (exact) mass is 390 g/mol. The highest BCUT2D eigenvalue weighted by atomic mass is 16.3. The molecule has 0 aromatic heterocycles. The first-order valence-corrected chi connectivity index (χ1v) is 10.5. The SMILES string of the molecule is Oc1ccc(CCCCCCCC(c2ccc(O)cc2)c2ccc(O)cc2)cc1. The maximum Gasteiger partial charge on any atom is 0.115 e. The fraction of sp³-hybridized carbons (Fsp3) is 0.308. The lowest BCUT2D eigenvalue weighted by atomic mass is 9.86. The third-order valence-electron chi connectivity index (χ3n) is 5.49. The summed E-state index contributed by atoms with van der Waals surface area (Å²) < 4.78 is 0. The fourth-order valence-corrected chi connectivity index (χ4v) is 3.81. The minimum Gasteiger partial charge on any atom is -0.508 e. The fourth-order valence-electron chi connectivity index (χ4n) is 3.81. The molecule has 0 spiro atoms. The summed E-state index contributed by atoms with van der Waals surface area (Å²) >= 11 is 0. The highest BCUT2D eigenvalue weighted by Crippen LogP contribution is 2.32. The van der Waals surface area contributed by atoms with E-state index in [2.05, 4.69) is 0 Å². The molecular formula is C26H30O3. The van der Waals surface area contributed by atoms with E-state index in [1.54, 1.807) is 36.4 Å². The number of hydrogen-bond donors (Lipinski definition) is 3. The lowest BCUT2D eigenvalue weighted by molar-refractivity contribution is 0.474. The van der Waals surface area contributed by atoms with Crippen LogP contribution in [0.4, 0.5) is 0 Å². The Hall–Kier alpha value is -2.94. The average Bonchev–Trinajstić information content (AvgIpc) is 2.73. The molecule has 152 valence electrons. The predicted molar refractivity (Wildman–Crippen MR) is 118 cm³/mol. The van der Waals surface area contributed by atoms with Crippen molar-refractivity contribution in [2.45, 2.75) is 50.9 Å². The van der Waals surface area contributed by atoms with E-state index in [0.717, 1.165) is 19.3 Å². The molecule has 0 radical (unpaired) electrons. The summed E-state index contributed by atoms with van der Waals surface area (Å²) in [6.07, 6.45) is 8.05. The minimum absolute atomic E-state index is 0.271. The van der Waals surface area contributed by atoms with E-state index >= 15 is 0 Å². The molecule has 29 heavy (non-hydrogen) atoms. The van der Waals surface area contributed by atoms with Crippen LogP contribution in [-0.4, -0.2) is 15.3 Å². The zero-order valence-electron chi connectivity index (χ0n) is 16.8. The van der Waals surface area contributed by atoms with Crippen molar-refractivity contribution in [2.75, 3.05) is 0 Å². The van der Waals surface area contributed by atoms with Gasteiger partial charge in [0.2, 0.25) is 0 Å². The van der Waals surface area contributed by atoms with Crippen molar-refractivity contribution in [1.82, 2.24) is 0 Å². The van der Waals surface area contributed by atoms with Crippen molar-refractivity contribution < 1.29 is 15.3 Å². The minimum atomic E-state index is 0.271. The molecule has 3 N–H and O–H groups in total. The quantitative estimate of drug-likeness (QED) is 0.345. The van der Waals surface area contributed by atoms with Gasteiger partial charge in [0.05, 0.1) is 0 Å². The molecule has 3 nitrogen and oxygen atoms in total. The summed E-state index contributed by atoms with van der Waals surface area (Å²) in [5, 5.41) is 28.5. The molecule has 0 fully saturated rings. The topological polar surface area (TPSA) is 60.7 Å². The average molecular weight is 391 g/mol. The number of aryl methyl sites for hydroxylation is 1. The number of rotatable bonds is 10. The van der Waals surface area contributed by atoms with Crippen LogP contribution in [0.1, 0.15) is 61.1 Å². The molecule has 0 aliphatic carbocycles. The van der Waals surface area contributed by atoms with Crippen LogP contribution in [0.2, 0.25) is 0 Å². The Labute approximate surface area is 173 Å². The van der Waals surface area contributed by atoms with E-state index in [-0.39, 0.29) is 17.4 Å². The van der Waals surface area contributed by atoms with Crippen molar-refractivity contribution in [2.24, 2.45) is 0 Å². The summed E-state index contributed by atoms with van der Waals surface area (Å²) in [6, 6.07) is 22.4. The maximum atomic E-state index is 9.59. The maximum absolute atomic E-state index is 9.59. The Morgan fingerprint density at radius 1 is 0.483 bits per heavy atom. The Kier molecular flexibility index (Phi) is 7.57. The Balaban J connectivity index is 1.46. The van der Waals surface area contributed by atoms with Crippen LogP contribution in [0.3, 0.4) is 0 Å². The van der Waals surface area contributed by atoms with Crippen LogP contribution < -0.4 is 0 Å². The van der Waals surface area contributed by atoms with E-state index in [9.17, 15) is 15.3 Å². The first-order valence-electron chi connectivity index (χ1n) is 10.5. The summed E-state index contributed by atoms with van der Waals surface area (Å²) in [4.78, 5) is 0. The van der Waals surface area contributed by atoms with Crippen LogP contribution in [0, 0.1) is 0 Å². The lowest BCUT2D eigenvalue weighted by Crippen LogP contribution is -2.01. The molecule has 3 aromatic carbocycles. The second kappa shape index (κ2) is 10.6. The van der Waals surface area contributed by atoms with Crippen LogP contribution in [0.15, 0.2) is 72.8 Å². The number of phenolic OH excluding ortho intramolecular Hbond substituents is 3. The van der Waals surface area contributed by atoms with Gasteiger partial charge in [-0.3, -0.25) is 0 Å². The van der Waals surface area contributed by atoms with Crippen LogP contribution >= 0.6 is 0 Å². The van der Waals surface area contributed by atoms with Gasteiger partial charge in [-0.15, -0.1) is 0 Å². The van der Waals surface area contributed by atoms with Crippen molar-refractivity contribution in [1.29, 1.82) is 0 Å². The molecule has 3 rings (SSSR count). The van der Waals surface area contributed by atoms with Gasteiger partial charge in [0.1, 0.15) is 17.2 Å². The second-order valence-electron chi connectivity index (χ2n) is 7.71. The molecule has 3 aromatic rings. The molecule has 0 saturated carbocycles. The summed E-state index contributed by atoms with van der Waals surface area (Å²) in [5.74, 6) is 1.16. The molecule has 0 bridgehead atoms. The molecule has 3 heteroatoms. The van der Waals surface area contributed by atoms with Gasteiger partial charge in [0, 0.05) is 5.92 Å². The zero-order chi connectivity index (χ0) is 20.5. The predicted octanol–water partition coefficient (Wildman–Crippen LogP) is 6.52. The zero-order valence-corrected chi connectivity index (χ0v) is 16.8. The summed E-state index contributed by atoms with van der Waals surface area (Å²) in [6.45, 7) is 0. The van der Waals surface area contributed by atoms with Gasteiger partial charge in [-0.1, -0.05) is 62.1 Å². The number of hydrogen-bond acceptors (Lipinski definition) is 3.